The molecule has 2 heterocycles. The zero-order valence-corrected chi connectivity index (χ0v) is 6.22. The van der Waals surface area contributed by atoms with Crippen molar-refractivity contribution in [3.05, 3.63) is 23.8 Å². The SMILES string of the molecule is FC1(F)CNCc2ncncc21. The van der Waals surface area contributed by atoms with Gasteiger partial charge in [0.25, 0.3) is 5.92 Å². The maximum absolute atomic E-state index is 13.1. The third-order valence-electron chi connectivity index (χ3n) is 1.83. The molecule has 0 atom stereocenters. The van der Waals surface area contributed by atoms with E-state index in [1.807, 2.05) is 0 Å². The van der Waals surface area contributed by atoms with Crippen LogP contribution in [0.2, 0.25) is 0 Å². The molecule has 0 bridgehead atoms. The average molecular weight is 171 g/mol. The van der Waals surface area contributed by atoms with Crippen LogP contribution in [0, 0.1) is 0 Å². The molecule has 64 valence electrons. The Labute approximate surface area is 67.8 Å². The summed E-state index contributed by atoms with van der Waals surface area (Å²) in [6.07, 6.45) is 2.46. The molecule has 3 nitrogen and oxygen atoms in total. The first-order valence-corrected chi connectivity index (χ1v) is 3.58. The number of hydrogen-bond donors (Lipinski definition) is 1. The average Bonchev–Trinajstić information content (AvgIpc) is 2.04. The Morgan fingerprint density at radius 1 is 1.50 bits per heavy atom. The van der Waals surface area contributed by atoms with E-state index in [9.17, 15) is 8.78 Å². The van der Waals surface area contributed by atoms with Crippen LogP contribution in [0.5, 0.6) is 0 Å². The first kappa shape index (κ1) is 7.54. The monoisotopic (exact) mass is 171 g/mol. The zero-order valence-electron chi connectivity index (χ0n) is 6.22. The molecule has 1 aliphatic heterocycles. The summed E-state index contributed by atoms with van der Waals surface area (Å²) < 4.78 is 26.1. The summed E-state index contributed by atoms with van der Waals surface area (Å²) in [6, 6.07) is 0. The van der Waals surface area contributed by atoms with E-state index in [0.717, 1.165) is 0 Å². The van der Waals surface area contributed by atoms with Crippen molar-refractivity contribution in [1.29, 1.82) is 0 Å². The molecule has 1 aromatic heterocycles. The number of halogens is 2. The van der Waals surface area contributed by atoms with Gasteiger partial charge in [0.1, 0.15) is 6.33 Å². The van der Waals surface area contributed by atoms with Crippen LogP contribution in [0.25, 0.3) is 0 Å². The van der Waals surface area contributed by atoms with Crippen LogP contribution >= 0.6 is 0 Å². The number of nitrogens with zero attached hydrogens (tertiary/aromatic N) is 2. The topological polar surface area (TPSA) is 37.8 Å². The second kappa shape index (κ2) is 2.45. The Kier molecular flexibility index (Phi) is 1.54. The van der Waals surface area contributed by atoms with Gasteiger partial charge >= 0.3 is 0 Å². The smallest absolute Gasteiger partial charge is 0.288 e. The summed E-state index contributed by atoms with van der Waals surface area (Å²) in [7, 11) is 0. The molecule has 0 aliphatic carbocycles. The fraction of sp³-hybridized carbons (Fsp3) is 0.429. The van der Waals surface area contributed by atoms with E-state index in [2.05, 4.69) is 15.3 Å². The lowest BCUT2D eigenvalue weighted by Crippen LogP contribution is -2.37. The largest absolute Gasteiger partial charge is 0.305 e. The minimum absolute atomic E-state index is 0.0521. The maximum Gasteiger partial charge on any atom is 0.288 e. The number of hydrogen-bond acceptors (Lipinski definition) is 3. The second-order valence-electron chi connectivity index (χ2n) is 2.69. The van der Waals surface area contributed by atoms with Crippen molar-refractivity contribution in [2.45, 2.75) is 12.5 Å². The summed E-state index contributed by atoms with van der Waals surface area (Å²) in [5.41, 5.74) is 0.338. The molecule has 1 N–H and O–H groups in total. The highest BCUT2D eigenvalue weighted by molar-refractivity contribution is 5.24. The quantitative estimate of drug-likeness (QED) is 0.623. The normalized spacial score (nSPS) is 20.2. The van der Waals surface area contributed by atoms with Gasteiger partial charge in [-0.05, 0) is 0 Å². The van der Waals surface area contributed by atoms with Gasteiger partial charge in [0.2, 0.25) is 0 Å². The lowest BCUT2D eigenvalue weighted by molar-refractivity contribution is -0.0120. The van der Waals surface area contributed by atoms with Crippen LogP contribution in [0.3, 0.4) is 0 Å². The van der Waals surface area contributed by atoms with E-state index < -0.39 is 5.92 Å². The predicted molar refractivity (Wildman–Crippen MR) is 37.6 cm³/mol. The van der Waals surface area contributed by atoms with Crippen LogP contribution in [0.15, 0.2) is 12.5 Å². The van der Waals surface area contributed by atoms with Crippen molar-refractivity contribution in [3.8, 4) is 0 Å². The molecule has 0 amide bonds. The summed E-state index contributed by atoms with van der Waals surface area (Å²) in [5, 5.41) is 2.59. The minimum Gasteiger partial charge on any atom is -0.305 e. The van der Waals surface area contributed by atoms with Crippen molar-refractivity contribution >= 4 is 0 Å². The first-order chi connectivity index (χ1) is 5.70. The van der Waals surface area contributed by atoms with Crippen LogP contribution in [0.1, 0.15) is 11.3 Å². The van der Waals surface area contributed by atoms with E-state index in [1.54, 1.807) is 0 Å². The highest BCUT2D eigenvalue weighted by Crippen LogP contribution is 2.30. The lowest BCUT2D eigenvalue weighted by atomic mass is 10.1. The Morgan fingerprint density at radius 3 is 3.08 bits per heavy atom. The Bertz CT molecular complexity index is 300. The molecule has 1 aromatic rings. The van der Waals surface area contributed by atoms with Gasteiger partial charge in [0.15, 0.2) is 0 Å². The zero-order chi connectivity index (χ0) is 8.60. The molecule has 0 unspecified atom stereocenters. The molecule has 0 saturated carbocycles. The van der Waals surface area contributed by atoms with Gasteiger partial charge in [-0.3, -0.25) is 0 Å². The van der Waals surface area contributed by atoms with Crippen molar-refractivity contribution in [2.24, 2.45) is 0 Å². The third kappa shape index (κ3) is 1.06. The van der Waals surface area contributed by atoms with Gasteiger partial charge in [-0.15, -0.1) is 0 Å². The number of rotatable bonds is 0. The van der Waals surface area contributed by atoms with Gasteiger partial charge in [-0.2, -0.15) is 8.78 Å². The molecule has 0 radical (unpaired) electrons. The second-order valence-corrected chi connectivity index (χ2v) is 2.69. The molecule has 12 heavy (non-hydrogen) atoms. The van der Waals surface area contributed by atoms with E-state index >= 15 is 0 Å². The van der Waals surface area contributed by atoms with Crippen molar-refractivity contribution in [2.75, 3.05) is 6.54 Å². The standard InChI is InChI=1S/C7H7F2N3/c8-7(9)3-10-2-6-5(7)1-11-4-12-6/h1,4,10H,2-3H2. The van der Waals surface area contributed by atoms with Gasteiger partial charge in [-0.25, -0.2) is 9.97 Å². The van der Waals surface area contributed by atoms with E-state index in [1.165, 1.54) is 12.5 Å². The lowest BCUT2D eigenvalue weighted by Gasteiger charge is -2.24. The summed E-state index contributed by atoms with van der Waals surface area (Å²) >= 11 is 0. The molecule has 0 aromatic carbocycles. The molecule has 0 saturated heterocycles. The summed E-state index contributed by atoms with van der Waals surface area (Å²) in [5.74, 6) is -2.82. The molecule has 1 aliphatic rings. The molecular formula is C7H7F2N3. The van der Waals surface area contributed by atoms with Crippen LogP contribution in [0.4, 0.5) is 8.78 Å². The fourth-order valence-electron chi connectivity index (χ4n) is 1.23. The Hall–Kier alpha value is -1.10. The Morgan fingerprint density at radius 2 is 2.33 bits per heavy atom. The van der Waals surface area contributed by atoms with Crippen LogP contribution in [-0.4, -0.2) is 16.5 Å². The fourth-order valence-corrected chi connectivity index (χ4v) is 1.23. The van der Waals surface area contributed by atoms with Crippen LogP contribution < -0.4 is 5.32 Å². The van der Waals surface area contributed by atoms with Crippen LogP contribution in [-0.2, 0) is 12.5 Å². The molecular weight excluding hydrogens is 164 g/mol. The highest BCUT2D eigenvalue weighted by Gasteiger charge is 2.37. The van der Waals surface area contributed by atoms with Crippen molar-refractivity contribution in [1.82, 2.24) is 15.3 Å². The van der Waals surface area contributed by atoms with E-state index in [0.29, 0.717) is 12.2 Å². The Balaban J connectivity index is 2.52. The first-order valence-electron chi connectivity index (χ1n) is 3.58. The van der Waals surface area contributed by atoms with Crippen molar-refractivity contribution in [3.63, 3.8) is 0 Å². The molecule has 2 rings (SSSR count). The number of aromatic nitrogens is 2. The minimum atomic E-state index is -2.82. The number of alkyl halides is 2. The van der Waals surface area contributed by atoms with Crippen molar-refractivity contribution < 1.29 is 8.78 Å². The summed E-state index contributed by atoms with van der Waals surface area (Å²) in [4.78, 5) is 7.34. The third-order valence-corrected chi connectivity index (χ3v) is 1.83. The van der Waals surface area contributed by atoms with E-state index in [4.69, 9.17) is 0 Å². The van der Waals surface area contributed by atoms with Gasteiger partial charge in [-0.1, -0.05) is 0 Å². The predicted octanol–water partition coefficient (Wildman–Crippen LogP) is 0.672. The number of nitrogens with one attached hydrogen (secondary N) is 1. The molecule has 0 spiro atoms. The number of fused-ring (bicyclic) bond motifs is 1. The van der Waals surface area contributed by atoms with Gasteiger partial charge < -0.3 is 5.32 Å². The highest BCUT2D eigenvalue weighted by atomic mass is 19.3. The maximum atomic E-state index is 13.1. The molecule has 0 fully saturated rings. The van der Waals surface area contributed by atoms with Gasteiger partial charge in [0, 0.05) is 12.7 Å². The molecule has 5 heteroatoms. The summed E-state index contributed by atoms with van der Waals surface area (Å²) in [6.45, 7) is 0.0703. The van der Waals surface area contributed by atoms with E-state index in [-0.39, 0.29) is 12.1 Å². The van der Waals surface area contributed by atoms with Gasteiger partial charge in [0.05, 0.1) is 17.8 Å².